The van der Waals surface area contributed by atoms with E-state index >= 15 is 0 Å². The van der Waals surface area contributed by atoms with Gasteiger partial charge in [0.2, 0.25) is 0 Å². The quantitative estimate of drug-likeness (QED) is 0.583. The Kier molecular flexibility index (Phi) is 6.56. The summed E-state index contributed by atoms with van der Waals surface area (Å²) in [5.74, 6) is 1.37. The van der Waals surface area contributed by atoms with Gasteiger partial charge in [-0.1, -0.05) is 12.1 Å². The Balaban J connectivity index is 1.30. The summed E-state index contributed by atoms with van der Waals surface area (Å²) in [5, 5.41) is 15.8. The Morgan fingerprint density at radius 1 is 1.14 bits per heavy atom. The van der Waals surface area contributed by atoms with Crippen LogP contribution in [0.3, 0.4) is 0 Å². The third-order valence-electron chi connectivity index (χ3n) is 5.70. The number of nitrogens with zero attached hydrogens (tertiary/aromatic N) is 4. The number of guanidine groups is 1. The number of hydrogen-bond acceptors (Lipinski definition) is 5. The molecule has 0 spiro atoms. The third-order valence-corrected chi connectivity index (χ3v) is 6.72. The summed E-state index contributed by atoms with van der Waals surface area (Å²) in [4.78, 5) is 13.6. The van der Waals surface area contributed by atoms with Gasteiger partial charge in [0.05, 0.1) is 12.2 Å². The molecule has 2 aromatic rings. The van der Waals surface area contributed by atoms with Crippen molar-refractivity contribution in [1.82, 2.24) is 15.1 Å². The predicted octanol–water partition coefficient (Wildman–Crippen LogP) is 2.60. The molecule has 29 heavy (non-hydrogen) atoms. The highest BCUT2D eigenvalue weighted by atomic mass is 32.1. The highest BCUT2D eigenvalue weighted by Gasteiger charge is 2.21. The van der Waals surface area contributed by atoms with E-state index in [1.807, 2.05) is 29.5 Å². The summed E-state index contributed by atoms with van der Waals surface area (Å²) in [5.41, 5.74) is 2.42. The lowest BCUT2D eigenvalue weighted by Gasteiger charge is -2.38. The van der Waals surface area contributed by atoms with Crippen LogP contribution in [0.1, 0.15) is 17.4 Å². The van der Waals surface area contributed by atoms with Crippen LogP contribution in [-0.4, -0.2) is 73.2 Å². The molecule has 1 saturated heterocycles. The fourth-order valence-electron chi connectivity index (χ4n) is 4.11. The molecule has 0 radical (unpaired) electrons. The van der Waals surface area contributed by atoms with E-state index in [0.717, 1.165) is 70.5 Å². The number of aliphatic imine (C=N–C) groups is 1. The van der Waals surface area contributed by atoms with Crippen molar-refractivity contribution in [3.8, 4) is 5.75 Å². The number of rotatable bonds is 5. The first-order valence-corrected chi connectivity index (χ1v) is 11.5. The molecule has 0 aliphatic carbocycles. The van der Waals surface area contributed by atoms with Crippen molar-refractivity contribution in [3.05, 3.63) is 46.2 Å². The van der Waals surface area contributed by atoms with E-state index in [1.165, 1.54) is 12.0 Å². The van der Waals surface area contributed by atoms with E-state index in [4.69, 9.17) is 4.99 Å². The van der Waals surface area contributed by atoms with Gasteiger partial charge >= 0.3 is 0 Å². The van der Waals surface area contributed by atoms with E-state index in [0.29, 0.717) is 5.75 Å². The number of phenols is 1. The Labute approximate surface area is 177 Å². The van der Waals surface area contributed by atoms with Gasteiger partial charge in [0, 0.05) is 57.2 Å². The molecule has 6 nitrogen and oxygen atoms in total. The van der Waals surface area contributed by atoms with Crippen LogP contribution in [0.15, 0.2) is 40.7 Å². The zero-order valence-corrected chi connectivity index (χ0v) is 18.0. The third kappa shape index (κ3) is 4.85. The molecule has 2 N–H and O–H groups in total. The molecule has 0 bridgehead atoms. The number of para-hydroxylation sites is 2. The number of thiophene rings is 1. The van der Waals surface area contributed by atoms with E-state index in [9.17, 15) is 5.11 Å². The van der Waals surface area contributed by atoms with Crippen LogP contribution in [0.2, 0.25) is 0 Å². The first-order valence-electron chi connectivity index (χ1n) is 10.6. The normalized spacial score (nSPS) is 18.0. The van der Waals surface area contributed by atoms with Gasteiger partial charge in [-0.2, -0.15) is 0 Å². The van der Waals surface area contributed by atoms with E-state index in [-0.39, 0.29) is 0 Å². The number of benzene rings is 1. The predicted molar refractivity (Wildman–Crippen MR) is 121 cm³/mol. The van der Waals surface area contributed by atoms with Crippen LogP contribution >= 0.6 is 11.3 Å². The number of hydrogen-bond donors (Lipinski definition) is 2. The number of piperazine rings is 1. The van der Waals surface area contributed by atoms with Crippen LogP contribution in [0.5, 0.6) is 5.75 Å². The fraction of sp³-hybridized carbons (Fsp3) is 0.500. The number of aromatic hydroxyl groups is 1. The molecule has 2 aliphatic rings. The highest BCUT2D eigenvalue weighted by molar-refractivity contribution is 7.10. The maximum absolute atomic E-state index is 10.1. The second-order valence-electron chi connectivity index (χ2n) is 7.59. The zero-order valence-electron chi connectivity index (χ0n) is 17.2. The Morgan fingerprint density at radius 3 is 2.76 bits per heavy atom. The van der Waals surface area contributed by atoms with Crippen molar-refractivity contribution in [3.63, 3.8) is 0 Å². The van der Waals surface area contributed by atoms with Crippen LogP contribution < -0.4 is 10.2 Å². The number of fused-ring (bicyclic) bond motifs is 1. The smallest absolute Gasteiger partial charge is 0.194 e. The first-order chi connectivity index (χ1) is 14.2. The summed E-state index contributed by atoms with van der Waals surface area (Å²) in [6.07, 6.45) is 1.17. The second kappa shape index (κ2) is 9.50. The molecule has 3 heterocycles. The van der Waals surface area contributed by atoms with E-state index in [1.54, 1.807) is 10.9 Å². The maximum Gasteiger partial charge on any atom is 0.194 e. The first kappa shape index (κ1) is 20.0. The van der Waals surface area contributed by atoms with Crippen molar-refractivity contribution in [2.75, 3.05) is 57.3 Å². The zero-order chi connectivity index (χ0) is 20.1. The molecule has 0 amide bonds. The molecule has 1 aromatic carbocycles. The molecular formula is C22H31N5OS. The molecule has 0 atom stereocenters. The van der Waals surface area contributed by atoms with Gasteiger partial charge in [-0.05, 0) is 42.5 Å². The Morgan fingerprint density at radius 2 is 1.97 bits per heavy atom. The van der Waals surface area contributed by atoms with Gasteiger partial charge < -0.3 is 20.2 Å². The van der Waals surface area contributed by atoms with Crippen LogP contribution in [0.4, 0.5) is 5.69 Å². The van der Waals surface area contributed by atoms with Crippen molar-refractivity contribution < 1.29 is 5.11 Å². The highest BCUT2D eigenvalue weighted by Crippen LogP contribution is 2.27. The van der Waals surface area contributed by atoms with Crippen molar-refractivity contribution in [2.24, 2.45) is 4.99 Å². The molecule has 0 unspecified atom stereocenters. The Bertz CT molecular complexity index is 828. The number of nitrogens with one attached hydrogen (secondary N) is 1. The minimum absolute atomic E-state index is 0.358. The average Bonchev–Trinajstić information content (AvgIpc) is 3.22. The lowest BCUT2D eigenvalue weighted by atomic mass is 10.1. The molecule has 7 heteroatoms. The molecule has 156 valence electrons. The lowest BCUT2D eigenvalue weighted by Crippen LogP contribution is -2.52. The SMILES string of the molecule is CCNC(=NCCN1CCc2sccc2C1)N1CCN(c2ccccc2O)CC1. The maximum atomic E-state index is 10.1. The Hall–Kier alpha value is -2.25. The van der Waals surface area contributed by atoms with Gasteiger partial charge in [-0.3, -0.25) is 9.89 Å². The topological polar surface area (TPSA) is 54.3 Å². The molecule has 2 aliphatic heterocycles. The van der Waals surface area contributed by atoms with Crippen molar-refractivity contribution >= 4 is 23.0 Å². The fourth-order valence-corrected chi connectivity index (χ4v) is 5.00. The molecule has 0 saturated carbocycles. The minimum atomic E-state index is 0.358. The van der Waals surface area contributed by atoms with Crippen molar-refractivity contribution in [2.45, 2.75) is 19.9 Å². The standard InChI is InChI=1S/C22H31N5OS/c1-2-23-22(24-9-11-25-10-7-21-18(17-25)8-16-29-21)27-14-12-26(13-15-27)19-5-3-4-6-20(19)28/h3-6,8,16,28H,2,7,9-15,17H2,1H3,(H,23,24). The average molecular weight is 414 g/mol. The summed E-state index contributed by atoms with van der Waals surface area (Å²) in [6, 6.07) is 9.86. The summed E-state index contributed by atoms with van der Waals surface area (Å²) in [7, 11) is 0. The van der Waals surface area contributed by atoms with Gasteiger partial charge in [-0.15, -0.1) is 11.3 Å². The van der Waals surface area contributed by atoms with Gasteiger partial charge in [0.25, 0.3) is 0 Å². The number of anilines is 1. The summed E-state index contributed by atoms with van der Waals surface area (Å²) >= 11 is 1.89. The monoisotopic (exact) mass is 413 g/mol. The summed E-state index contributed by atoms with van der Waals surface area (Å²) < 4.78 is 0. The van der Waals surface area contributed by atoms with Gasteiger partial charge in [0.15, 0.2) is 5.96 Å². The molecule has 1 aromatic heterocycles. The lowest BCUT2D eigenvalue weighted by molar-refractivity contribution is 0.263. The number of phenolic OH excluding ortho intramolecular Hbond substituents is 1. The van der Waals surface area contributed by atoms with Crippen LogP contribution in [-0.2, 0) is 13.0 Å². The van der Waals surface area contributed by atoms with E-state index < -0.39 is 0 Å². The van der Waals surface area contributed by atoms with Crippen molar-refractivity contribution in [1.29, 1.82) is 0 Å². The summed E-state index contributed by atoms with van der Waals surface area (Å²) in [6.45, 7) is 10.6. The molecular weight excluding hydrogens is 382 g/mol. The minimum Gasteiger partial charge on any atom is -0.506 e. The molecule has 1 fully saturated rings. The van der Waals surface area contributed by atoms with Gasteiger partial charge in [0.1, 0.15) is 5.75 Å². The van der Waals surface area contributed by atoms with Gasteiger partial charge in [-0.25, -0.2) is 0 Å². The van der Waals surface area contributed by atoms with E-state index in [2.05, 4.69) is 38.4 Å². The van der Waals surface area contributed by atoms with Crippen LogP contribution in [0, 0.1) is 0 Å². The second-order valence-corrected chi connectivity index (χ2v) is 8.59. The molecule has 4 rings (SSSR count). The largest absolute Gasteiger partial charge is 0.506 e. The van der Waals surface area contributed by atoms with Crippen LogP contribution in [0.25, 0.3) is 0 Å².